The van der Waals surface area contributed by atoms with E-state index in [0.717, 1.165) is 70.0 Å². The standard InChI is InChI=1S/C43H72N2O6/c1-26(2)36-30(46)24-43(33(47)25-45(27(3)4)22-21-44(11)12)20-19-41(9)29(37(36)43)13-14-32-40(8)17-16-34(51-35(48)23-28(5)38(49)50)39(6,7)31(40)15-18-42(32,41)10/h26-29,31-34,47H,13-25H2,1-12H3,(H,49,50). The van der Waals surface area contributed by atoms with Gasteiger partial charge in [-0.2, -0.15) is 0 Å². The van der Waals surface area contributed by atoms with Crippen molar-refractivity contribution in [3.05, 3.63) is 11.1 Å². The lowest BCUT2D eigenvalue weighted by Crippen LogP contribution is -2.66. The van der Waals surface area contributed by atoms with E-state index in [9.17, 15) is 24.6 Å². The van der Waals surface area contributed by atoms with Crippen LogP contribution in [-0.2, 0) is 19.1 Å². The number of carboxylic acid groups (broad SMARTS) is 1. The summed E-state index contributed by atoms with van der Waals surface area (Å²) in [4.78, 5) is 43.1. The van der Waals surface area contributed by atoms with Gasteiger partial charge in [-0.15, -0.1) is 0 Å². The summed E-state index contributed by atoms with van der Waals surface area (Å²) in [6, 6.07) is 0.306. The molecule has 0 bridgehead atoms. The van der Waals surface area contributed by atoms with Crippen LogP contribution >= 0.6 is 0 Å². The molecule has 0 spiro atoms. The molecule has 0 aromatic carbocycles. The minimum absolute atomic E-state index is 0.0102. The number of ether oxygens (including phenoxy) is 1. The van der Waals surface area contributed by atoms with Crippen molar-refractivity contribution >= 4 is 17.7 Å². The summed E-state index contributed by atoms with van der Waals surface area (Å²) < 4.78 is 6.11. The third kappa shape index (κ3) is 6.57. The first-order valence-electron chi connectivity index (χ1n) is 20.3. The Hall–Kier alpha value is -1.77. The highest BCUT2D eigenvalue weighted by molar-refractivity contribution is 6.00. The molecule has 0 radical (unpaired) electrons. The van der Waals surface area contributed by atoms with Crippen molar-refractivity contribution in [2.45, 2.75) is 152 Å². The molecule has 0 aliphatic heterocycles. The van der Waals surface area contributed by atoms with Gasteiger partial charge in [0, 0.05) is 42.9 Å². The lowest BCUT2D eigenvalue weighted by Gasteiger charge is -2.72. The zero-order valence-electron chi connectivity index (χ0n) is 34.2. The summed E-state index contributed by atoms with van der Waals surface area (Å²) in [5.74, 6) is -0.548. The summed E-state index contributed by atoms with van der Waals surface area (Å²) in [5, 5.41) is 21.8. The van der Waals surface area contributed by atoms with Gasteiger partial charge in [-0.3, -0.25) is 19.3 Å². The fourth-order valence-corrected chi connectivity index (χ4v) is 13.1. The molecule has 8 heteroatoms. The van der Waals surface area contributed by atoms with E-state index in [1.165, 1.54) is 5.57 Å². The minimum Gasteiger partial charge on any atom is -0.481 e. The van der Waals surface area contributed by atoms with Gasteiger partial charge in [0.05, 0.1) is 18.4 Å². The molecule has 51 heavy (non-hydrogen) atoms. The average molecular weight is 713 g/mol. The molecule has 0 heterocycles. The number of carbonyl (C=O) groups is 3. The molecular weight excluding hydrogens is 640 g/mol. The second-order valence-corrected chi connectivity index (χ2v) is 20.0. The maximum absolute atomic E-state index is 14.1. The van der Waals surface area contributed by atoms with Crippen molar-refractivity contribution in [2.24, 2.45) is 56.7 Å². The number of esters is 1. The summed E-state index contributed by atoms with van der Waals surface area (Å²) in [6.07, 6.45) is 7.55. The Balaban J connectivity index is 1.45. The number of carbonyl (C=O) groups excluding carboxylic acids is 2. The third-order valence-corrected chi connectivity index (χ3v) is 16.2. The van der Waals surface area contributed by atoms with E-state index in [1.807, 2.05) is 0 Å². The topological polar surface area (TPSA) is 107 Å². The molecule has 5 aliphatic rings. The predicted molar refractivity (Wildman–Crippen MR) is 202 cm³/mol. The van der Waals surface area contributed by atoms with Gasteiger partial charge in [0.15, 0.2) is 5.78 Å². The maximum atomic E-state index is 14.1. The van der Waals surface area contributed by atoms with Crippen molar-refractivity contribution in [3.8, 4) is 0 Å². The highest BCUT2D eigenvalue weighted by Gasteiger charge is 2.70. The van der Waals surface area contributed by atoms with Crippen molar-refractivity contribution in [1.29, 1.82) is 0 Å². The van der Waals surface area contributed by atoms with E-state index in [2.05, 4.69) is 86.2 Å². The minimum atomic E-state index is -0.969. The number of fused-ring (bicyclic) bond motifs is 7. The number of carboxylic acids is 1. The van der Waals surface area contributed by atoms with Gasteiger partial charge >= 0.3 is 11.9 Å². The molecule has 8 nitrogen and oxygen atoms in total. The first-order chi connectivity index (χ1) is 23.6. The van der Waals surface area contributed by atoms with Crippen LogP contribution in [0.15, 0.2) is 11.1 Å². The maximum Gasteiger partial charge on any atom is 0.306 e. The third-order valence-electron chi connectivity index (χ3n) is 16.2. The molecule has 290 valence electrons. The van der Waals surface area contributed by atoms with Gasteiger partial charge in [0.2, 0.25) is 0 Å². The molecule has 0 saturated heterocycles. The molecule has 0 amide bonds. The van der Waals surface area contributed by atoms with Gasteiger partial charge in [-0.25, -0.2) is 0 Å². The number of aliphatic carboxylic acids is 1. The van der Waals surface area contributed by atoms with Crippen LogP contribution in [0.4, 0.5) is 0 Å². The number of likely N-dealkylation sites (N-methyl/N-ethyl adjacent to an activating group) is 1. The van der Waals surface area contributed by atoms with E-state index >= 15 is 0 Å². The Morgan fingerprint density at radius 2 is 1.53 bits per heavy atom. The number of aliphatic hydroxyl groups is 1. The fraction of sp³-hybridized carbons (Fsp3) is 0.884. The van der Waals surface area contributed by atoms with Gasteiger partial charge < -0.3 is 19.8 Å². The Bertz CT molecular complexity index is 1390. The molecule has 10 atom stereocenters. The van der Waals surface area contributed by atoms with Crippen LogP contribution in [-0.4, -0.2) is 89.7 Å². The van der Waals surface area contributed by atoms with Gasteiger partial charge in [-0.1, -0.05) is 61.0 Å². The van der Waals surface area contributed by atoms with E-state index < -0.39 is 29.4 Å². The summed E-state index contributed by atoms with van der Waals surface area (Å²) in [7, 11) is 4.19. The van der Waals surface area contributed by atoms with Crippen LogP contribution in [0.1, 0.15) is 133 Å². The van der Waals surface area contributed by atoms with Crippen LogP contribution in [0.25, 0.3) is 0 Å². The number of nitrogens with zero attached hydrogens (tertiary/aromatic N) is 2. The van der Waals surface area contributed by atoms with Gasteiger partial charge in [0.25, 0.3) is 0 Å². The van der Waals surface area contributed by atoms with Crippen molar-refractivity contribution in [1.82, 2.24) is 9.80 Å². The van der Waals surface area contributed by atoms with E-state index in [1.54, 1.807) is 6.92 Å². The van der Waals surface area contributed by atoms with E-state index in [4.69, 9.17) is 4.74 Å². The summed E-state index contributed by atoms with van der Waals surface area (Å²) in [6.45, 7) is 25.0. The highest BCUT2D eigenvalue weighted by atomic mass is 16.5. The molecule has 0 aromatic rings. The van der Waals surface area contributed by atoms with Crippen molar-refractivity contribution in [3.63, 3.8) is 0 Å². The SMILES string of the molecule is CC(C)C1=C2C3CCC4C5(C)CCC(OC(=O)CC(C)C(=O)O)C(C)(C)C5CCC4(C)C3(C)CCC2(C(O)CN(CCN(C)C)C(C)C)CC1=O. The largest absolute Gasteiger partial charge is 0.481 e. The number of hydrogen-bond acceptors (Lipinski definition) is 7. The second kappa shape index (κ2) is 14.1. The predicted octanol–water partition coefficient (Wildman–Crippen LogP) is 7.62. The first-order valence-corrected chi connectivity index (χ1v) is 20.3. The molecule has 5 rings (SSSR count). The Morgan fingerprint density at radius 1 is 0.863 bits per heavy atom. The number of rotatable bonds is 12. The van der Waals surface area contributed by atoms with Crippen LogP contribution in [0.2, 0.25) is 0 Å². The zero-order chi connectivity index (χ0) is 38.1. The van der Waals surface area contributed by atoms with E-state index in [-0.39, 0.29) is 51.8 Å². The number of Topliss-reactive ketones (excluding diaryl/α,β-unsaturated/α-hetero) is 1. The highest BCUT2D eigenvalue weighted by Crippen LogP contribution is 2.77. The molecule has 5 aliphatic carbocycles. The molecule has 4 saturated carbocycles. The first kappa shape index (κ1) is 40.4. The van der Waals surface area contributed by atoms with Crippen LogP contribution in [0.3, 0.4) is 0 Å². The van der Waals surface area contributed by atoms with E-state index in [0.29, 0.717) is 30.8 Å². The molecule has 0 aromatic heterocycles. The van der Waals surface area contributed by atoms with Crippen molar-refractivity contribution in [2.75, 3.05) is 33.7 Å². The molecule has 4 fully saturated rings. The van der Waals surface area contributed by atoms with Crippen molar-refractivity contribution < 1.29 is 29.3 Å². The number of aliphatic hydroxyl groups excluding tert-OH is 1. The van der Waals surface area contributed by atoms with Crippen LogP contribution < -0.4 is 0 Å². The average Bonchev–Trinajstić information content (AvgIpc) is 3.33. The fourth-order valence-electron chi connectivity index (χ4n) is 13.1. The van der Waals surface area contributed by atoms with Crippen LogP contribution in [0.5, 0.6) is 0 Å². The summed E-state index contributed by atoms with van der Waals surface area (Å²) >= 11 is 0. The second-order valence-electron chi connectivity index (χ2n) is 20.0. The smallest absolute Gasteiger partial charge is 0.306 e. The molecule has 10 unspecified atom stereocenters. The lowest BCUT2D eigenvalue weighted by molar-refractivity contribution is -0.235. The summed E-state index contributed by atoms with van der Waals surface area (Å²) in [5.41, 5.74) is 1.82. The zero-order valence-corrected chi connectivity index (χ0v) is 34.2. The number of ketones is 1. The van der Waals surface area contributed by atoms with Gasteiger partial charge in [-0.05, 0) is 125 Å². The van der Waals surface area contributed by atoms with Gasteiger partial charge in [0.1, 0.15) is 6.10 Å². The number of allylic oxidation sites excluding steroid dienone is 1. The Morgan fingerprint density at radius 3 is 2.12 bits per heavy atom. The monoisotopic (exact) mass is 713 g/mol. The Kier molecular flexibility index (Phi) is 11.2. The van der Waals surface area contributed by atoms with Crippen LogP contribution in [0, 0.1) is 56.7 Å². The quantitative estimate of drug-likeness (QED) is 0.199. The normalized spacial score (nSPS) is 38.7. The Labute approximate surface area is 309 Å². The molecular formula is C43H72N2O6. The lowest BCUT2D eigenvalue weighted by atomic mass is 9.33. The molecule has 2 N–H and O–H groups in total. The number of hydrogen-bond donors (Lipinski definition) is 2.